The highest BCUT2D eigenvalue weighted by Crippen LogP contribution is 2.28. The predicted octanol–water partition coefficient (Wildman–Crippen LogP) is 4.79. The van der Waals surface area contributed by atoms with Crippen molar-refractivity contribution in [2.75, 3.05) is 0 Å². The van der Waals surface area contributed by atoms with Gasteiger partial charge in [0, 0.05) is 42.3 Å². The van der Waals surface area contributed by atoms with Crippen LogP contribution in [0.4, 0.5) is 4.39 Å². The predicted molar refractivity (Wildman–Crippen MR) is 144 cm³/mol. The Morgan fingerprint density at radius 1 is 1.03 bits per heavy atom. The number of aromatic nitrogens is 6. The van der Waals surface area contributed by atoms with Crippen molar-refractivity contribution in [3.63, 3.8) is 0 Å². The number of rotatable bonds is 7. The highest BCUT2D eigenvalue weighted by Gasteiger charge is 2.22. The number of carbonyl (C=O) groups is 1. The monoisotopic (exact) mass is 526 g/mol. The van der Waals surface area contributed by atoms with Gasteiger partial charge in [-0.25, -0.2) is 19.0 Å². The summed E-state index contributed by atoms with van der Waals surface area (Å²) in [5, 5.41) is 4.74. The van der Waals surface area contributed by atoms with Crippen molar-refractivity contribution in [3.05, 3.63) is 99.9 Å². The van der Waals surface area contributed by atoms with E-state index in [1.807, 2.05) is 25.1 Å². The fourth-order valence-corrected chi connectivity index (χ4v) is 4.07. The van der Waals surface area contributed by atoms with Crippen molar-refractivity contribution in [3.8, 4) is 17.2 Å². The average Bonchev–Trinajstić information content (AvgIpc) is 3.30. The van der Waals surface area contributed by atoms with E-state index in [1.54, 1.807) is 23.0 Å². The van der Waals surface area contributed by atoms with Gasteiger partial charge in [-0.05, 0) is 36.8 Å². The minimum Gasteiger partial charge on any atom is -0.455 e. The van der Waals surface area contributed by atoms with Crippen LogP contribution in [0.2, 0.25) is 0 Å². The van der Waals surface area contributed by atoms with E-state index in [0.29, 0.717) is 17.0 Å². The van der Waals surface area contributed by atoms with Gasteiger partial charge in [-0.15, -0.1) is 0 Å². The van der Waals surface area contributed by atoms with Crippen molar-refractivity contribution in [1.29, 1.82) is 0 Å². The lowest BCUT2D eigenvalue weighted by Gasteiger charge is -2.14. The van der Waals surface area contributed by atoms with E-state index in [1.165, 1.54) is 18.3 Å². The Labute approximate surface area is 223 Å². The second-order valence-corrected chi connectivity index (χ2v) is 10.3. The Morgan fingerprint density at radius 2 is 1.85 bits per heavy atom. The number of benzene rings is 1. The first kappa shape index (κ1) is 25.9. The lowest BCUT2D eigenvalue weighted by Crippen LogP contribution is -2.13. The van der Waals surface area contributed by atoms with E-state index in [-0.39, 0.29) is 46.6 Å². The number of H-pyrrole nitrogens is 1. The summed E-state index contributed by atoms with van der Waals surface area (Å²) >= 11 is 0. The van der Waals surface area contributed by atoms with Gasteiger partial charge in [0.15, 0.2) is 11.4 Å². The zero-order chi connectivity index (χ0) is 27.7. The summed E-state index contributed by atoms with van der Waals surface area (Å²) in [5.74, 6) is -0.179. The molecule has 0 aliphatic heterocycles. The van der Waals surface area contributed by atoms with Crippen LogP contribution in [-0.4, -0.2) is 35.5 Å². The van der Waals surface area contributed by atoms with Crippen molar-refractivity contribution in [2.45, 2.75) is 46.0 Å². The highest BCUT2D eigenvalue weighted by atomic mass is 19.1. The molecule has 0 atom stereocenters. The summed E-state index contributed by atoms with van der Waals surface area (Å²) in [5.41, 5.74) is 3.46. The molecule has 0 saturated heterocycles. The third-order valence-corrected chi connectivity index (χ3v) is 6.15. The standard InChI is InChI=1S/C29H27FN6O3/c1-17-5-7-19(15-32-17)36-20(13-25(35-36)29(2,3)4)12-21(37)11-18-6-8-22(14-23(18)30)39-24-9-10-31-28-27(24)33-16-26(38)34-28/h5-10,13-16H,11-12H2,1-4H3,(H,31,34,38). The number of aryl methyl sites for hydroxylation is 1. The summed E-state index contributed by atoms with van der Waals surface area (Å²) in [6.07, 6.45) is 4.30. The zero-order valence-electron chi connectivity index (χ0n) is 22.0. The summed E-state index contributed by atoms with van der Waals surface area (Å²) < 4.78 is 22.6. The molecule has 4 heterocycles. The van der Waals surface area contributed by atoms with Crippen LogP contribution >= 0.6 is 0 Å². The van der Waals surface area contributed by atoms with Crippen LogP contribution in [0, 0.1) is 12.7 Å². The molecule has 4 aromatic heterocycles. The maximum Gasteiger partial charge on any atom is 0.268 e. The van der Waals surface area contributed by atoms with Crippen LogP contribution in [0.15, 0.2) is 65.8 Å². The minimum atomic E-state index is -0.563. The maximum absolute atomic E-state index is 15.0. The topological polar surface area (TPSA) is 116 Å². The largest absolute Gasteiger partial charge is 0.455 e. The lowest BCUT2D eigenvalue weighted by atomic mass is 9.92. The molecule has 39 heavy (non-hydrogen) atoms. The van der Waals surface area contributed by atoms with E-state index in [9.17, 15) is 9.59 Å². The van der Waals surface area contributed by atoms with E-state index in [0.717, 1.165) is 23.3 Å². The molecular weight excluding hydrogens is 499 g/mol. The number of fused-ring (bicyclic) bond motifs is 1. The molecule has 5 aromatic rings. The van der Waals surface area contributed by atoms with Crippen molar-refractivity contribution >= 4 is 16.9 Å². The van der Waals surface area contributed by atoms with Crippen LogP contribution < -0.4 is 10.3 Å². The van der Waals surface area contributed by atoms with E-state index in [4.69, 9.17) is 9.84 Å². The number of Topliss-reactive ketones (excluding diaryl/α,β-unsaturated/α-hetero) is 1. The molecule has 0 fully saturated rings. The van der Waals surface area contributed by atoms with Gasteiger partial charge in [0.05, 0.1) is 29.5 Å². The quantitative estimate of drug-likeness (QED) is 0.324. The minimum absolute atomic E-state index is 0.0848. The number of ether oxygens (including phenoxy) is 1. The third kappa shape index (κ3) is 5.74. The number of ketones is 1. The highest BCUT2D eigenvalue weighted by molar-refractivity contribution is 5.83. The van der Waals surface area contributed by atoms with Crippen molar-refractivity contribution < 1.29 is 13.9 Å². The number of pyridine rings is 2. The van der Waals surface area contributed by atoms with Gasteiger partial charge in [0.1, 0.15) is 22.9 Å². The van der Waals surface area contributed by atoms with E-state index < -0.39 is 5.82 Å². The van der Waals surface area contributed by atoms with Gasteiger partial charge < -0.3 is 9.72 Å². The van der Waals surface area contributed by atoms with Crippen LogP contribution in [0.5, 0.6) is 11.5 Å². The third-order valence-electron chi connectivity index (χ3n) is 6.15. The summed E-state index contributed by atoms with van der Waals surface area (Å²) in [4.78, 5) is 39.6. The molecule has 5 rings (SSSR count). The molecule has 0 bridgehead atoms. The molecule has 1 aromatic carbocycles. The fraction of sp³-hybridized carbons (Fsp3) is 0.241. The Kier molecular flexibility index (Phi) is 6.78. The van der Waals surface area contributed by atoms with Crippen molar-refractivity contribution in [2.24, 2.45) is 0 Å². The molecular formula is C29H27FN6O3. The van der Waals surface area contributed by atoms with Crippen LogP contribution in [-0.2, 0) is 23.1 Å². The first-order chi connectivity index (χ1) is 18.6. The Morgan fingerprint density at radius 3 is 2.56 bits per heavy atom. The molecule has 9 nitrogen and oxygen atoms in total. The molecule has 0 unspecified atom stereocenters. The smallest absolute Gasteiger partial charge is 0.268 e. The van der Waals surface area contributed by atoms with Gasteiger partial charge in [0.2, 0.25) is 0 Å². The summed E-state index contributed by atoms with van der Waals surface area (Å²) in [6, 6.07) is 11.6. The molecule has 198 valence electrons. The summed E-state index contributed by atoms with van der Waals surface area (Å²) in [7, 11) is 0. The van der Waals surface area contributed by atoms with Crippen LogP contribution in [0.25, 0.3) is 16.9 Å². The average molecular weight is 527 g/mol. The first-order valence-electron chi connectivity index (χ1n) is 12.4. The lowest BCUT2D eigenvalue weighted by molar-refractivity contribution is -0.117. The Hall–Kier alpha value is -4.73. The summed E-state index contributed by atoms with van der Waals surface area (Å²) in [6.45, 7) is 8.08. The van der Waals surface area contributed by atoms with Gasteiger partial charge in [0.25, 0.3) is 5.56 Å². The number of halogens is 1. The Bertz CT molecular complexity index is 1740. The number of hydrogen-bond donors (Lipinski definition) is 1. The Balaban J connectivity index is 1.34. The normalized spacial score (nSPS) is 11.6. The van der Waals surface area contributed by atoms with Crippen molar-refractivity contribution in [1.82, 2.24) is 29.7 Å². The first-order valence-corrected chi connectivity index (χ1v) is 12.4. The SMILES string of the molecule is Cc1ccc(-n2nc(C(C)(C)C)cc2CC(=O)Cc2ccc(Oc3ccnc4[nH]c(=O)cnc34)cc2F)cn1. The number of carbonyl (C=O) groups excluding carboxylic acids is 1. The number of nitrogens with zero attached hydrogens (tertiary/aromatic N) is 5. The number of nitrogens with one attached hydrogen (secondary N) is 1. The zero-order valence-corrected chi connectivity index (χ0v) is 22.0. The molecule has 0 radical (unpaired) electrons. The second kappa shape index (κ2) is 10.2. The second-order valence-electron chi connectivity index (χ2n) is 10.3. The van der Waals surface area contributed by atoms with Gasteiger partial charge in [-0.3, -0.25) is 14.6 Å². The van der Waals surface area contributed by atoms with Crippen LogP contribution in [0.1, 0.15) is 43.4 Å². The molecule has 0 aliphatic carbocycles. The maximum atomic E-state index is 15.0. The van der Waals surface area contributed by atoms with Crippen LogP contribution in [0.3, 0.4) is 0 Å². The van der Waals surface area contributed by atoms with E-state index in [2.05, 4.69) is 40.7 Å². The molecule has 1 N–H and O–H groups in total. The molecule has 10 heteroatoms. The van der Waals surface area contributed by atoms with Gasteiger partial charge >= 0.3 is 0 Å². The molecule has 0 spiro atoms. The fourth-order valence-electron chi connectivity index (χ4n) is 4.07. The van der Waals surface area contributed by atoms with Gasteiger partial charge in [-0.2, -0.15) is 5.10 Å². The number of aromatic amines is 1. The number of hydrogen-bond acceptors (Lipinski definition) is 7. The molecule has 0 aliphatic rings. The molecule has 0 saturated carbocycles. The van der Waals surface area contributed by atoms with Gasteiger partial charge in [-0.1, -0.05) is 26.8 Å². The van der Waals surface area contributed by atoms with E-state index >= 15 is 4.39 Å². The molecule has 0 amide bonds.